The molecule has 0 bridgehead atoms. The van der Waals surface area contributed by atoms with Crippen LogP contribution in [0.5, 0.6) is 0 Å². The van der Waals surface area contributed by atoms with E-state index in [1.807, 2.05) is 25.2 Å². The molecule has 1 aromatic heterocycles. The van der Waals surface area contributed by atoms with Gasteiger partial charge >= 0.3 is 0 Å². The molecule has 0 unspecified atom stereocenters. The van der Waals surface area contributed by atoms with Crippen LogP contribution in [0.3, 0.4) is 0 Å². The molecule has 29 heavy (non-hydrogen) atoms. The first kappa shape index (κ1) is 20.7. The number of nitrogens with one attached hydrogen (secondary N) is 1. The minimum atomic E-state index is 0.104. The van der Waals surface area contributed by atoms with Gasteiger partial charge in [-0.25, -0.2) is 4.98 Å². The lowest BCUT2D eigenvalue weighted by Gasteiger charge is -2.48. The molecular formula is C22H32N4O2S. The molecule has 6 nitrogen and oxygen atoms in total. The van der Waals surface area contributed by atoms with Crippen LogP contribution in [0.1, 0.15) is 37.1 Å². The van der Waals surface area contributed by atoms with E-state index in [-0.39, 0.29) is 11.4 Å². The minimum Gasteiger partial charge on any atom is -0.379 e. The Labute approximate surface area is 177 Å². The van der Waals surface area contributed by atoms with Gasteiger partial charge in [-0.05, 0) is 32.0 Å². The summed E-state index contributed by atoms with van der Waals surface area (Å²) in [6.45, 7) is 5.42. The van der Waals surface area contributed by atoms with E-state index in [9.17, 15) is 4.79 Å². The number of carbonyl (C=O) groups is 1. The average Bonchev–Trinajstić information content (AvgIpc) is 3.15. The van der Waals surface area contributed by atoms with E-state index in [0.29, 0.717) is 13.1 Å². The van der Waals surface area contributed by atoms with Crippen LogP contribution >= 0.6 is 11.3 Å². The number of hydrogen-bond acceptors (Lipinski definition) is 6. The van der Waals surface area contributed by atoms with E-state index in [4.69, 9.17) is 4.74 Å². The van der Waals surface area contributed by atoms with Gasteiger partial charge in [-0.15, -0.1) is 11.3 Å². The molecule has 158 valence electrons. The molecule has 1 N–H and O–H groups in total. The summed E-state index contributed by atoms with van der Waals surface area (Å²) in [5.41, 5.74) is 1.15. The van der Waals surface area contributed by atoms with Crippen LogP contribution in [-0.2, 0) is 16.1 Å². The smallest absolute Gasteiger partial charge is 0.234 e. The van der Waals surface area contributed by atoms with Crippen molar-refractivity contribution in [3.63, 3.8) is 0 Å². The van der Waals surface area contributed by atoms with Crippen molar-refractivity contribution in [2.45, 2.75) is 44.2 Å². The van der Waals surface area contributed by atoms with Crippen LogP contribution in [0.4, 0.5) is 0 Å². The molecule has 2 heterocycles. The lowest BCUT2D eigenvalue weighted by molar-refractivity contribution is -0.123. The van der Waals surface area contributed by atoms with E-state index >= 15 is 0 Å². The molecule has 1 aliphatic heterocycles. The van der Waals surface area contributed by atoms with Crippen molar-refractivity contribution in [2.75, 3.05) is 46.4 Å². The third-order valence-corrected chi connectivity index (χ3v) is 7.26. The van der Waals surface area contributed by atoms with Crippen LogP contribution in [0.2, 0.25) is 0 Å². The van der Waals surface area contributed by atoms with Gasteiger partial charge in [0.05, 0.1) is 36.5 Å². The Balaban J connectivity index is 1.30. The summed E-state index contributed by atoms with van der Waals surface area (Å²) in [6.07, 6.45) is 6.17. The lowest BCUT2D eigenvalue weighted by atomic mass is 9.79. The lowest BCUT2D eigenvalue weighted by Crippen LogP contribution is -2.60. The van der Waals surface area contributed by atoms with Gasteiger partial charge in [-0.2, -0.15) is 0 Å². The number of nitrogens with zero attached hydrogens (tertiary/aromatic N) is 3. The maximum Gasteiger partial charge on any atom is 0.234 e. The van der Waals surface area contributed by atoms with Crippen molar-refractivity contribution in [3.05, 3.63) is 29.3 Å². The minimum absolute atomic E-state index is 0.104. The molecule has 0 radical (unpaired) electrons. The van der Waals surface area contributed by atoms with Gasteiger partial charge in [0, 0.05) is 25.2 Å². The number of amides is 1. The monoisotopic (exact) mass is 416 g/mol. The van der Waals surface area contributed by atoms with Crippen molar-refractivity contribution in [3.8, 4) is 0 Å². The molecule has 2 aliphatic rings. The third-order valence-electron chi connectivity index (χ3n) is 6.24. The molecule has 2 fully saturated rings. The zero-order chi connectivity index (χ0) is 20.1. The van der Waals surface area contributed by atoms with E-state index < -0.39 is 0 Å². The molecule has 7 heteroatoms. The summed E-state index contributed by atoms with van der Waals surface area (Å²) >= 11 is 1.70. The molecule has 1 saturated carbocycles. The number of carbonyl (C=O) groups excluding carboxylic acids is 1. The molecule has 1 aromatic carbocycles. The van der Waals surface area contributed by atoms with Gasteiger partial charge < -0.3 is 10.1 Å². The maximum atomic E-state index is 12.7. The number of aromatic nitrogens is 1. The zero-order valence-electron chi connectivity index (χ0n) is 17.4. The second-order valence-corrected chi connectivity index (χ2v) is 9.52. The summed E-state index contributed by atoms with van der Waals surface area (Å²) in [7, 11) is 1.99. The van der Waals surface area contributed by atoms with E-state index in [2.05, 4.69) is 26.2 Å². The number of benzene rings is 1. The highest BCUT2D eigenvalue weighted by Gasteiger charge is 2.38. The van der Waals surface area contributed by atoms with Gasteiger partial charge in [0.1, 0.15) is 5.01 Å². The van der Waals surface area contributed by atoms with E-state index in [1.54, 1.807) is 11.3 Å². The van der Waals surface area contributed by atoms with Gasteiger partial charge in [0.2, 0.25) is 5.91 Å². The van der Waals surface area contributed by atoms with E-state index in [1.165, 1.54) is 36.8 Å². The number of fused-ring (bicyclic) bond motifs is 1. The molecule has 1 aliphatic carbocycles. The normalized spacial score (nSPS) is 20.2. The average molecular weight is 417 g/mol. The Morgan fingerprint density at radius 3 is 2.76 bits per heavy atom. The van der Waals surface area contributed by atoms with Crippen LogP contribution < -0.4 is 5.32 Å². The highest BCUT2D eigenvalue weighted by molar-refractivity contribution is 7.18. The molecular weight excluding hydrogens is 384 g/mol. The fourth-order valence-electron chi connectivity index (χ4n) is 4.69. The summed E-state index contributed by atoms with van der Waals surface area (Å²) in [5, 5.41) is 4.31. The third kappa shape index (κ3) is 5.15. The highest BCUT2D eigenvalue weighted by Crippen LogP contribution is 2.33. The zero-order valence-corrected chi connectivity index (χ0v) is 18.2. The standard InChI is InChI=1S/C22H32N4O2S/c1-25(16-21-24-18-7-3-4-8-19(18)29-21)15-20(27)23-17-22(9-5-2-6-10-22)26-11-13-28-14-12-26/h3-4,7-8H,2,5-6,9-17H2,1H3,(H,23,27). The number of ether oxygens (including phenoxy) is 1. The quantitative estimate of drug-likeness (QED) is 0.752. The Bertz CT molecular complexity index is 779. The Kier molecular flexibility index (Phi) is 6.80. The highest BCUT2D eigenvalue weighted by atomic mass is 32.1. The maximum absolute atomic E-state index is 12.7. The summed E-state index contributed by atoms with van der Waals surface area (Å²) in [4.78, 5) is 22.0. The fourth-order valence-corrected chi connectivity index (χ4v) is 5.74. The van der Waals surface area contributed by atoms with Gasteiger partial charge in [0.15, 0.2) is 0 Å². The fraction of sp³-hybridized carbons (Fsp3) is 0.636. The van der Waals surface area contributed by atoms with Crippen molar-refractivity contribution in [2.24, 2.45) is 0 Å². The molecule has 0 spiro atoms. The predicted molar refractivity (Wildman–Crippen MR) is 117 cm³/mol. The van der Waals surface area contributed by atoms with Gasteiger partial charge in [-0.1, -0.05) is 31.4 Å². The first-order valence-corrected chi connectivity index (χ1v) is 11.6. The topological polar surface area (TPSA) is 57.7 Å². The van der Waals surface area contributed by atoms with E-state index in [0.717, 1.165) is 43.4 Å². The summed E-state index contributed by atoms with van der Waals surface area (Å²) in [6, 6.07) is 8.19. The predicted octanol–water partition coefficient (Wildman–Crippen LogP) is 2.88. The first-order chi connectivity index (χ1) is 14.1. The Morgan fingerprint density at radius 2 is 2.00 bits per heavy atom. The number of morpholine rings is 1. The number of thiazole rings is 1. The van der Waals surface area contributed by atoms with Gasteiger partial charge in [-0.3, -0.25) is 14.6 Å². The van der Waals surface area contributed by atoms with Crippen LogP contribution in [-0.4, -0.2) is 72.7 Å². The second kappa shape index (κ2) is 9.51. The largest absolute Gasteiger partial charge is 0.379 e. The van der Waals surface area contributed by atoms with Gasteiger partial charge in [0.25, 0.3) is 0 Å². The van der Waals surface area contributed by atoms with Crippen LogP contribution in [0.25, 0.3) is 10.2 Å². The molecule has 1 amide bonds. The summed E-state index contributed by atoms with van der Waals surface area (Å²) in [5.74, 6) is 0.104. The summed E-state index contributed by atoms with van der Waals surface area (Å²) < 4.78 is 6.75. The first-order valence-electron chi connectivity index (χ1n) is 10.8. The van der Waals surface area contributed by atoms with Crippen LogP contribution in [0.15, 0.2) is 24.3 Å². The Morgan fingerprint density at radius 1 is 1.24 bits per heavy atom. The number of para-hydroxylation sites is 1. The van der Waals surface area contributed by atoms with Crippen LogP contribution in [0, 0.1) is 0 Å². The molecule has 1 saturated heterocycles. The Hall–Kier alpha value is -1.54. The SMILES string of the molecule is CN(CC(=O)NCC1(N2CCOCC2)CCCCC1)Cc1nc2ccccc2s1. The van der Waals surface area contributed by atoms with Crippen molar-refractivity contribution in [1.82, 2.24) is 20.1 Å². The number of rotatable bonds is 7. The number of hydrogen-bond donors (Lipinski definition) is 1. The molecule has 4 rings (SSSR count). The molecule has 2 aromatic rings. The van der Waals surface area contributed by atoms with Crippen molar-refractivity contribution >= 4 is 27.5 Å². The second-order valence-electron chi connectivity index (χ2n) is 8.41. The number of likely N-dealkylation sites (N-methyl/N-ethyl adjacent to an activating group) is 1. The van der Waals surface area contributed by atoms with Crippen molar-refractivity contribution in [1.29, 1.82) is 0 Å². The molecule has 0 atom stereocenters. The van der Waals surface area contributed by atoms with Crippen molar-refractivity contribution < 1.29 is 9.53 Å².